The number of piperazine rings is 1. The van der Waals surface area contributed by atoms with Crippen molar-refractivity contribution in [1.29, 1.82) is 0 Å². The maximum atomic E-state index is 13.7. The van der Waals surface area contributed by atoms with E-state index in [9.17, 15) is 13.2 Å². The van der Waals surface area contributed by atoms with E-state index in [1.807, 2.05) is 61.5 Å². The number of carbonyl (C=O) groups is 1. The van der Waals surface area contributed by atoms with Crippen LogP contribution in [0.2, 0.25) is 0 Å². The van der Waals surface area contributed by atoms with Crippen molar-refractivity contribution in [1.82, 2.24) is 9.62 Å². The lowest BCUT2D eigenvalue weighted by Crippen LogP contribution is -2.55. The van der Waals surface area contributed by atoms with Crippen LogP contribution in [0.25, 0.3) is 0 Å². The second-order valence-electron chi connectivity index (χ2n) is 9.00. The van der Waals surface area contributed by atoms with Crippen LogP contribution in [-0.2, 0) is 21.2 Å². The first-order valence-corrected chi connectivity index (χ1v) is 13.7. The molecule has 3 aromatic carbocycles. The fourth-order valence-electron chi connectivity index (χ4n) is 4.55. The SMILES string of the molecule is COc1ccccc1N1CCN(C(=O)C(Cc2ccccc2)NS(=O)(=O)c2cc(C)ccc2OC)CC1. The Morgan fingerprint density at radius 3 is 2.22 bits per heavy atom. The number of para-hydroxylation sites is 2. The summed E-state index contributed by atoms with van der Waals surface area (Å²) in [6, 6.07) is 21.2. The molecule has 0 saturated carbocycles. The Labute approximate surface area is 218 Å². The van der Waals surface area contributed by atoms with Gasteiger partial charge in [0.05, 0.1) is 19.9 Å². The Balaban J connectivity index is 1.55. The van der Waals surface area contributed by atoms with Gasteiger partial charge in [-0.3, -0.25) is 4.79 Å². The van der Waals surface area contributed by atoms with Crippen LogP contribution in [0, 0.1) is 6.92 Å². The van der Waals surface area contributed by atoms with Gasteiger partial charge >= 0.3 is 0 Å². The molecule has 8 nitrogen and oxygen atoms in total. The molecule has 3 aromatic rings. The van der Waals surface area contributed by atoms with E-state index >= 15 is 0 Å². The lowest BCUT2D eigenvalue weighted by atomic mass is 10.1. The molecular formula is C28H33N3O5S. The van der Waals surface area contributed by atoms with Crippen molar-refractivity contribution in [3.63, 3.8) is 0 Å². The van der Waals surface area contributed by atoms with E-state index in [4.69, 9.17) is 9.47 Å². The number of rotatable bonds is 9. The number of benzene rings is 3. The monoisotopic (exact) mass is 523 g/mol. The van der Waals surface area contributed by atoms with Gasteiger partial charge in [-0.1, -0.05) is 48.5 Å². The Morgan fingerprint density at radius 2 is 1.54 bits per heavy atom. The summed E-state index contributed by atoms with van der Waals surface area (Å²) in [5.41, 5.74) is 2.62. The number of ether oxygens (including phenoxy) is 2. The lowest BCUT2D eigenvalue weighted by Gasteiger charge is -2.38. The maximum absolute atomic E-state index is 13.7. The third-order valence-corrected chi connectivity index (χ3v) is 8.00. The Kier molecular flexibility index (Phi) is 8.35. The van der Waals surface area contributed by atoms with Crippen molar-refractivity contribution in [3.8, 4) is 11.5 Å². The first-order chi connectivity index (χ1) is 17.8. The van der Waals surface area contributed by atoms with Gasteiger partial charge in [-0.25, -0.2) is 8.42 Å². The molecule has 0 radical (unpaired) electrons. The van der Waals surface area contributed by atoms with Crippen LogP contribution in [0.5, 0.6) is 11.5 Å². The first kappa shape index (κ1) is 26.5. The van der Waals surface area contributed by atoms with E-state index < -0.39 is 16.1 Å². The van der Waals surface area contributed by atoms with Crippen molar-refractivity contribution < 1.29 is 22.7 Å². The average Bonchev–Trinajstić information content (AvgIpc) is 2.93. The summed E-state index contributed by atoms with van der Waals surface area (Å²) >= 11 is 0. The number of amides is 1. The van der Waals surface area contributed by atoms with Crippen LogP contribution in [-0.4, -0.2) is 65.7 Å². The summed E-state index contributed by atoms with van der Waals surface area (Å²) < 4.78 is 40.4. The quantitative estimate of drug-likeness (QED) is 0.463. The predicted molar refractivity (Wildman–Crippen MR) is 144 cm³/mol. The molecule has 0 aliphatic carbocycles. The molecule has 0 bridgehead atoms. The minimum atomic E-state index is -4.04. The Hall–Kier alpha value is -3.56. The average molecular weight is 524 g/mol. The molecule has 1 atom stereocenters. The van der Waals surface area contributed by atoms with Gasteiger partial charge in [0, 0.05) is 26.2 Å². The molecule has 1 aliphatic rings. The van der Waals surface area contributed by atoms with Crippen LogP contribution in [0.3, 0.4) is 0 Å². The summed E-state index contributed by atoms with van der Waals surface area (Å²) in [6.45, 7) is 3.98. The van der Waals surface area contributed by atoms with Crippen LogP contribution < -0.4 is 19.1 Å². The molecule has 1 saturated heterocycles. The van der Waals surface area contributed by atoms with Gasteiger partial charge in [0.15, 0.2) is 0 Å². The van der Waals surface area contributed by atoms with Crippen LogP contribution in [0.1, 0.15) is 11.1 Å². The van der Waals surface area contributed by atoms with Gasteiger partial charge < -0.3 is 19.3 Å². The molecule has 1 fully saturated rings. The second kappa shape index (κ2) is 11.7. The number of nitrogens with one attached hydrogen (secondary N) is 1. The molecule has 1 amide bonds. The first-order valence-electron chi connectivity index (χ1n) is 12.2. The number of methoxy groups -OCH3 is 2. The number of hydrogen-bond donors (Lipinski definition) is 1. The summed E-state index contributed by atoms with van der Waals surface area (Å²) in [7, 11) is -0.972. The van der Waals surface area contributed by atoms with Gasteiger partial charge in [-0.2, -0.15) is 4.72 Å². The molecule has 1 unspecified atom stereocenters. The van der Waals surface area contributed by atoms with Crippen molar-refractivity contribution in [3.05, 3.63) is 83.9 Å². The van der Waals surface area contributed by atoms with E-state index in [1.165, 1.54) is 7.11 Å². The number of aryl methyl sites for hydroxylation is 1. The van der Waals surface area contributed by atoms with Crippen molar-refractivity contribution in [2.24, 2.45) is 0 Å². The largest absolute Gasteiger partial charge is 0.495 e. The van der Waals surface area contributed by atoms with E-state index in [2.05, 4.69) is 9.62 Å². The molecule has 1 N–H and O–H groups in total. The van der Waals surface area contributed by atoms with Gasteiger partial charge in [-0.15, -0.1) is 0 Å². The molecule has 196 valence electrons. The minimum Gasteiger partial charge on any atom is -0.495 e. The van der Waals surface area contributed by atoms with E-state index in [0.29, 0.717) is 26.2 Å². The van der Waals surface area contributed by atoms with E-state index in [-0.39, 0.29) is 23.0 Å². The number of carbonyl (C=O) groups excluding carboxylic acids is 1. The number of anilines is 1. The zero-order chi connectivity index (χ0) is 26.4. The van der Waals surface area contributed by atoms with Crippen molar-refractivity contribution in [2.45, 2.75) is 24.3 Å². The maximum Gasteiger partial charge on any atom is 0.244 e. The highest BCUT2D eigenvalue weighted by atomic mass is 32.2. The molecule has 9 heteroatoms. The number of nitrogens with zero attached hydrogens (tertiary/aromatic N) is 2. The minimum absolute atomic E-state index is 0.0156. The van der Waals surface area contributed by atoms with Gasteiger partial charge in [-0.05, 0) is 48.7 Å². The normalized spacial score (nSPS) is 14.8. The third-order valence-electron chi connectivity index (χ3n) is 6.50. The zero-order valence-corrected chi connectivity index (χ0v) is 22.2. The lowest BCUT2D eigenvalue weighted by molar-refractivity contribution is -0.133. The number of sulfonamides is 1. The number of hydrogen-bond acceptors (Lipinski definition) is 6. The van der Waals surface area contributed by atoms with Crippen molar-refractivity contribution in [2.75, 3.05) is 45.3 Å². The fourth-order valence-corrected chi connectivity index (χ4v) is 6.00. The Morgan fingerprint density at radius 1 is 0.892 bits per heavy atom. The zero-order valence-electron chi connectivity index (χ0n) is 21.4. The standard InChI is InChI=1S/C28H33N3O5S/c1-21-13-14-26(36-3)27(19-21)37(33,34)29-23(20-22-9-5-4-6-10-22)28(32)31-17-15-30(16-18-31)24-11-7-8-12-25(24)35-2/h4-14,19,23,29H,15-18,20H2,1-3H3. The highest BCUT2D eigenvalue weighted by molar-refractivity contribution is 7.89. The summed E-state index contributed by atoms with van der Waals surface area (Å²) in [5, 5.41) is 0. The highest BCUT2D eigenvalue weighted by Gasteiger charge is 2.33. The van der Waals surface area contributed by atoms with Gasteiger partial charge in [0.1, 0.15) is 22.4 Å². The highest BCUT2D eigenvalue weighted by Crippen LogP contribution is 2.29. The molecule has 4 rings (SSSR count). The van der Waals surface area contributed by atoms with E-state index in [1.54, 1.807) is 30.2 Å². The van der Waals surface area contributed by atoms with Crippen LogP contribution >= 0.6 is 0 Å². The van der Waals surface area contributed by atoms with Crippen molar-refractivity contribution >= 4 is 21.6 Å². The summed E-state index contributed by atoms with van der Waals surface area (Å²) in [6.07, 6.45) is 0.236. The third kappa shape index (κ3) is 6.23. The topological polar surface area (TPSA) is 88.2 Å². The van der Waals surface area contributed by atoms with Crippen LogP contribution in [0.15, 0.2) is 77.7 Å². The molecular weight excluding hydrogens is 490 g/mol. The van der Waals surface area contributed by atoms with Gasteiger partial charge in [0.25, 0.3) is 0 Å². The summed E-state index contributed by atoms with van der Waals surface area (Å²) in [4.78, 5) is 17.6. The summed E-state index contributed by atoms with van der Waals surface area (Å²) in [5.74, 6) is 0.761. The predicted octanol–water partition coefficient (Wildman–Crippen LogP) is 3.25. The molecule has 1 aliphatic heterocycles. The smallest absolute Gasteiger partial charge is 0.244 e. The molecule has 1 heterocycles. The van der Waals surface area contributed by atoms with Gasteiger partial charge in [0.2, 0.25) is 15.9 Å². The molecule has 37 heavy (non-hydrogen) atoms. The van der Waals surface area contributed by atoms with E-state index in [0.717, 1.165) is 22.6 Å². The second-order valence-corrected chi connectivity index (χ2v) is 10.7. The molecule has 0 spiro atoms. The Bertz CT molecular complexity index is 1320. The fraction of sp³-hybridized carbons (Fsp3) is 0.321. The van der Waals surface area contributed by atoms with Crippen LogP contribution in [0.4, 0.5) is 5.69 Å². The molecule has 0 aromatic heterocycles.